The van der Waals surface area contributed by atoms with Crippen LogP contribution in [0.2, 0.25) is 0 Å². The Balaban J connectivity index is 1.51. The quantitative estimate of drug-likeness (QED) is 0.828. The van der Waals surface area contributed by atoms with Crippen molar-refractivity contribution in [2.75, 3.05) is 13.1 Å². The van der Waals surface area contributed by atoms with Crippen molar-refractivity contribution >= 4 is 11.9 Å². The Bertz CT molecular complexity index is 795. The van der Waals surface area contributed by atoms with E-state index < -0.39 is 0 Å². The van der Waals surface area contributed by atoms with Gasteiger partial charge in [-0.15, -0.1) is 0 Å². The van der Waals surface area contributed by atoms with Gasteiger partial charge in [-0.3, -0.25) is 9.78 Å². The first kappa shape index (κ1) is 19.9. The normalized spacial score (nSPS) is 16.1. The number of carbonyl (C=O) groups is 2. The molecule has 1 saturated heterocycles. The number of aryl methyl sites for hydroxylation is 1. The molecule has 0 unspecified atom stereocenters. The number of hydrogen-bond donors (Lipinski definition) is 2. The second-order valence-electron chi connectivity index (χ2n) is 7.60. The van der Waals surface area contributed by atoms with Crippen LogP contribution in [0.1, 0.15) is 54.6 Å². The fraction of sp³-hybridized carbons (Fsp3) is 0.476. The number of carbonyl (C=O) groups excluding carboxylic acids is 2. The van der Waals surface area contributed by atoms with Crippen molar-refractivity contribution in [1.82, 2.24) is 20.5 Å². The molecule has 1 atom stereocenters. The highest BCUT2D eigenvalue weighted by atomic mass is 16.3. The van der Waals surface area contributed by atoms with Crippen LogP contribution in [0.15, 0.2) is 41.1 Å². The second-order valence-corrected chi connectivity index (χ2v) is 7.60. The van der Waals surface area contributed by atoms with Gasteiger partial charge in [0.05, 0.1) is 6.04 Å². The first-order chi connectivity index (χ1) is 13.4. The van der Waals surface area contributed by atoms with E-state index in [1.165, 1.54) is 0 Å². The van der Waals surface area contributed by atoms with Crippen molar-refractivity contribution in [3.63, 3.8) is 0 Å². The van der Waals surface area contributed by atoms with Crippen molar-refractivity contribution in [2.24, 2.45) is 5.92 Å². The van der Waals surface area contributed by atoms with Crippen molar-refractivity contribution < 1.29 is 14.0 Å². The standard InChI is InChI=1S/C21H28N4O3/c1-14(2)19(16-6-10-22-11-7-16)24-21(27)25-12-8-17(9-13-25)23-20(26)18-5-4-15(3)28-18/h4-7,10-11,14,17,19H,8-9,12-13H2,1-3H3,(H,23,26)(H,24,27)/t19-/m0/s1. The Morgan fingerprint density at radius 3 is 2.39 bits per heavy atom. The lowest BCUT2D eigenvalue weighted by atomic mass is 9.97. The van der Waals surface area contributed by atoms with Crippen molar-refractivity contribution in [3.05, 3.63) is 53.7 Å². The van der Waals surface area contributed by atoms with Crippen LogP contribution in [0.25, 0.3) is 0 Å². The van der Waals surface area contributed by atoms with E-state index in [-0.39, 0.29) is 29.9 Å². The Labute approximate surface area is 165 Å². The Kier molecular flexibility index (Phi) is 6.34. The van der Waals surface area contributed by atoms with E-state index in [9.17, 15) is 9.59 Å². The number of aromatic nitrogens is 1. The summed E-state index contributed by atoms with van der Waals surface area (Å²) in [5.74, 6) is 1.11. The first-order valence-corrected chi connectivity index (χ1v) is 9.76. The predicted molar refractivity (Wildman–Crippen MR) is 106 cm³/mol. The van der Waals surface area contributed by atoms with Crippen molar-refractivity contribution in [2.45, 2.75) is 45.7 Å². The minimum absolute atomic E-state index is 0.0445. The smallest absolute Gasteiger partial charge is 0.317 e. The fourth-order valence-electron chi connectivity index (χ4n) is 3.47. The van der Waals surface area contributed by atoms with Gasteiger partial charge in [0, 0.05) is 31.5 Å². The zero-order valence-corrected chi connectivity index (χ0v) is 16.6. The van der Waals surface area contributed by atoms with Crippen LogP contribution in [0.4, 0.5) is 4.79 Å². The minimum atomic E-state index is -0.200. The zero-order chi connectivity index (χ0) is 20.1. The van der Waals surface area contributed by atoms with Crippen LogP contribution in [-0.2, 0) is 0 Å². The molecular weight excluding hydrogens is 356 g/mol. The topological polar surface area (TPSA) is 87.5 Å². The van der Waals surface area contributed by atoms with Crippen LogP contribution >= 0.6 is 0 Å². The third-order valence-corrected chi connectivity index (χ3v) is 5.09. The van der Waals surface area contributed by atoms with E-state index in [0.717, 1.165) is 18.4 Å². The zero-order valence-electron chi connectivity index (χ0n) is 16.6. The summed E-state index contributed by atoms with van der Waals surface area (Å²) in [6.07, 6.45) is 4.93. The van der Waals surface area contributed by atoms with E-state index in [0.29, 0.717) is 24.6 Å². The van der Waals surface area contributed by atoms with Gasteiger partial charge in [-0.2, -0.15) is 0 Å². The van der Waals surface area contributed by atoms with Crippen molar-refractivity contribution in [1.29, 1.82) is 0 Å². The molecule has 0 saturated carbocycles. The average Bonchev–Trinajstić information content (AvgIpc) is 3.13. The highest BCUT2D eigenvalue weighted by molar-refractivity contribution is 5.91. The third-order valence-electron chi connectivity index (χ3n) is 5.09. The van der Waals surface area contributed by atoms with Crippen LogP contribution < -0.4 is 10.6 Å². The van der Waals surface area contributed by atoms with Crippen LogP contribution in [0.5, 0.6) is 0 Å². The lowest BCUT2D eigenvalue weighted by molar-refractivity contribution is 0.0888. The number of nitrogens with zero attached hydrogens (tertiary/aromatic N) is 2. The number of urea groups is 1. The summed E-state index contributed by atoms with van der Waals surface area (Å²) in [5, 5.41) is 6.14. The maximum Gasteiger partial charge on any atom is 0.317 e. The molecule has 0 bridgehead atoms. The molecule has 0 aromatic carbocycles. The molecule has 3 heterocycles. The average molecular weight is 384 g/mol. The maximum atomic E-state index is 12.7. The number of amides is 3. The molecule has 150 valence electrons. The molecule has 2 aromatic rings. The Morgan fingerprint density at radius 2 is 1.82 bits per heavy atom. The molecular formula is C21H28N4O3. The summed E-state index contributed by atoms with van der Waals surface area (Å²) in [4.78, 5) is 30.8. The number of rotatable bonds is 5. The van der Waals surface area contributed by atoms with Gasteiger partial charge in [0.15, 0.2) is 5.76 Å². The monoisotopic (exact) mass is 384 g/mol. The van der Waals surface area contributed by atoms with Crippen molar-refractivity contribution in [3.8, 4) is 0 Å². The fourth-order valence-corrected chi connectivity index (χ4v) is 3.47. The summed E-state index contributed by atoms with van der Waals surface area (Å²) < 4.78 is 5.36. The highest BCUT2D eigenvalue weighted by Gasteiger charge is 2.27. The lowest BCUT2D eigenvalue weighted by Gasteiger charge is -2.34. The van der Waals surface area contributed by atoms with E-state index in [1.54, 1.807) is 24.5 Å². The van der Waals surface area contributed by atoms with Gasteiger partial charge in [-0.05, 0) is 55.5 Å². The molecule has 7 heteroatoms. The van der Waals surface area contributed by atoms with E-state index in [2.05, 4.69) is 29.5 Å². The number of piperidine rings is 1. The Hall–Kier alpha value is -2.83. The molecule has 3 rings (SSSR count). The molecule has 1 aliphatic rings. The number of hydrogen-bond acceptors (Lipinski definition) is 4. The number of likely N-dealkylation sites (tertiary alicyclic amines) is 1. The van der Waals surface area contributed by atoms with Gasteiger partial charge in [0.25, 0.3) is 5.91 Å². The summed E-state index contributed by atoms with van der Waals surface area (Å²) in [5.41, 5.74) is 1.05. The minimum Gasteiger partial charge on any atom is -0.456 e. The summed E-state index contributed by atoms with van der Waals surface area (Å²) in [6, 6.07) is 7.24. The molecule has 28 heavy (non-hydrogen) atoms. The molecule has 2 aromatic heterocycles. The molecule has 0 spiro atoms. The van der Waals surface area contributed by atoms with E-state index in [1.807, 2.05) is 24.0 Å². The summed E-state index contributed by atoms with van der Waals surface area (Å²) in [6.45, 7) is 7.20. The first-order valence-electron chi connectivity index (χ1n) is 9.76. The van der Waals surface area contributed by atoms with Gasteiger partial charge in [0.1, 0.15) is 5.76 Å². The molecule has 0 radical (unpaired) electrons. The second kappa shape index (κ2) is 8.91. The number of furan rings is 1. The Morgan fingerprint density at radius 1 is 1.14 bits per heavy atom. The molecule has 1 aliphatic heterocycles. The maximum absolute atomic E-state index is 12.7. The lowest BCUT2D eigenvalue weighted by Crippen LogP contribution is -2.50. The van der Waals surface area contributed by atoms with Gasteiger partial charge < -0.3 is 20.0 Å². The molecule has 7 nitrogen and oxygen atoms in total. The summed E-state index contributed by atoms with van der Waals surface area (Å²) in [7, 11) is 0. The van der Waals surface area contributed by atoms with E-state index in [4.69, 9.17) is 4.42 Å². The highest BCUT2D eigenvalue weighted by Crippen LogP contribution is 2.22. The largest absolute Gasteiger partial charge is 0.456 e. The van der Waals surface area contributed by atoms with Gasteiger partial charge >= 0.3 is 6.03 Å². The van der Waals surface area contributed by atoms with Crippen LogP contribution in [0, 0.1) is 12.8 Å². The van der Waals surface area contributed by atoms with Crippen LogP contribution in [0.3, 0.4) is 0 Å². The van der Waals surface area contributed by atoms with E-state index >= 15 is 0 Å². The van der Waals surface area contributed by atoms with Gasteiger partial charge in [-0.25, -0.2) is 4.79 Å². The molecule has 0 aliphatic carbocycles. The summed E-state index contributed by atoms with van der Waals surface area (Å²) >= 11 is 0. The predicted octanol–water partition coefficient (Wildman–Crippen LogP) is 3.28. The number of pyridine rings is 1. The van der Waals surface area contributed by atoms with Crippen LogP contribution in [-0.4, -0.2) is 41.0 Å². The molecule has 3 amide bonds. The van der Waals surface area contributed by atoms with Gasteiger partial charge in [-0.1, -0.05) is 13.8 Å². The third kappa shape index (κ3) is 4.91. The SMILES string of the molecule is Cc1ccc(C(=O)NC2CCN(C(=O)N[C@H](c3ccncc3)C(C)C)CC2)o1. The molecule has 2 N–H and O–H groups in total. The number of nitrogens with one attached hydrogen (secondary N) is 2. The molecule has 1 fully saturated rings. The van der Waals surface area contributed by atoms with Gasteiger partial charge in [0.2, 0.25) is 0 Å².